The fourth-order valence-electron chi connectivity index (χ4n) is 6.64. The third kappa shape index (κ3) is 4.31. The molecule has 0 radical (unpaired) electrons. The highest BCUT2D eigenvalue weighted by molar-refractivity contribution is 6.10. The topological polar surface area (TPSA) is 39.9 Å². The van der Waals surface area contributed by atoms with Gasteiger partial charge in [0.05, 0.1) is 17.2 Å². The molecule has 0 saturated carbocycles. The number of aromatic nitrogens is 3. The molecule has 3 aromatic heterocycles. The Bertz CT molecular complexity index is 2460. The van der Waals surface area contributed by atoms with E-state index in [9.17, 15) is 0 Å². The predicted octanol–water partition coefficient (Wildman–Crippen LogP) is 10.9. The maximum atomic E-state index is 6.74. The van der Waals surface area contributed by atoms with Gasteiger partial charge in [0.1, 0.15) is 17.3 Å². The first-order valence-electron chi connectivity index (χ1n) is 15.4. The van der Waals surface area contributed by atoms with Gasteiger partial charge in [-0.3, -0.25) is 9.55 Å². The van der Waals surface area contributed by atoms with Gasteiger partial charge < -0.3 is 4.74 Å². The van der Waals surface area contributed by atoms with Crippen LogP contribution < -0.4 is 4.74 Å². The minimum absolute atomic E-state index is 0.822. The molecule has 1 aliphatic heterocycles. The molecule has 4 heteroatoms. The third-order valence-electron chi connectivity index (χ3n) is 8.81. The first kappa shape index (κ1) is 26.2. The quantitative estimate of drug-likeness (QED) is 0.201. The van der Waals surface area contributed by atoms with Crippen molar-refractivity contribution >= 4 is 34.0 Å². The summed E-state index contributed by atoms with van der Waals surface area (Å²) in [5, 5.41) is 2.31. The van der Waals surface area contributed by atoms with Gasteiger partial charge in [-0.05, 0) is 81.9 Å². The lowest BCUT2D eigenvalue weighted by Crippen LogP contribution is -1.96. The Kier molecular flexibility index (Phi) is 6.10. The highest BCUT2D eigenvalue weighted by atomic mass is 16.5. The van der Waals surface area contributed by atoms with Crippen LogP contribution in [-0.2, 0) is 0 Å². The standard InChI is InChI=1S/C42H27N3O/c1-2-10-32-28(9-1)16-17-29-18-19-30(25-36(29)35-12-4-6-14-41(35)46-40-13-5-3-11-34(32)40)31-20-21-38-37(26-31)33-22-24-43-27-39(33)45(38)42-15-7-8-23-44-42/h1-27H. The highest BCUT2D eigenvalue weighted by Gasteiger charge is 2.18. The van der Waals surface area contributed by atoms with Crippen LogP contribution >= 0.6 is 0 Å². The van der Waals surface area contributed by atoms with Crippen LogP contribution in [0.5, 0.6) is 11.5 Å². The fraction of sp³-hybridized carbons (Fsp3) is 0. The minimum atomic E-state index is 0.822. The molecular formula is C42H27N3O. The van der Waals surface area contributed by atoms with Crippen LogP contribution in [0.3, 0.4) is 0 Å². The Morgan fingerprint density at radius 2 is 1.15 bits per heavy atom. The van der Waals surface area contributed by atoms with E-state index in [2.05, 4.69) is 124 Å². The molecule has 4 heterocycles. The first-order chi connectivity index (χ1) is 22.8. The van der Waals surface area contributed by atoms with Gasteiger partial charge in [0, 0.05) is 34.3 Å². The minimum Gasteiger partial charge on any atom is -0.456 e. The van der Waals surface area contributed by atoms with Crippen LogP contribution in [0.1, 0.15) is 11.1 Å². The molecule has 216 valence electrons. The van der Waals surface area contributed by atoms with Crippen molar-refractivity contribution in [2.75, 3.05) is 0 Å². The van der Waals surface area contributed by atoms with Crippen LogP contribution in [-0.4, -0.2) is 14.5 Å². The number of ether oxygens (including phenoxy) is 1. The molecule has 0 unspecified atom stereocenters. The Labute approximate surface area is 266 Å². The van der Waals surface area contributed by atoms with Crippen LogP contribution in [0.25, 0.3) is 73.2 Å². The van der Waals surface area contributed by atoms with Crippen LogP contribution in [0.4, 0.5) is 0 Å². The number of hydrogen-bond donors (Lipinski definition) is 0. The maximum Gasteiger partial charge on any atom is 0.137 e. The molecular weight excluding hydrogens is 562 g/mol. The summed E-state index contributed by atoms with van der Waals surface area (Å²) >= 11 is 0. The average Bonchev–Trinajstić information content (AvgIpc) is 3.44. The summed E-state index contributed by atoms with van der Waals surface area (Å²) in [6.45, 7) is 0. The van der Waals surface area contributed by atoms with Crippen molar-refractivity contribution < 1.29 is 4.74 Å². The SMILES string of the molecule is C1=Cc2ccc(-c3ccc4c(c3)c3ccncc3n4-c3ccccn3)cc2-c2ccccc2Oc2ccccc2-c2ccccc21. The number of rotatable bonds is 2. The summed E-state index contributed by atoms with van der Waals surface area (Å²) in [7, 11) is 0. The summed E-state index contributed by atoms with van der Waals surface area (Å²) in [5.41, 5.74) is 11.0. The monoisotopic (exact) mass is 589 g/mol. The largest absolute Gasteiger partial charge is 0.456 e. The number of fused-ring (bicyclic) bond motifs is 9. The fourth-order valence-corrected chi connectivity index (χ4v) is 6.64. The first-order valence-corrected chi connectivity index (χ1v) is 15.4. The summed E-state index contributed by atoms with van der Waals surface area (Å²) < 4.78 is 8.93. The number of nitrogens with zero attached hydrogens (tertiary/aromatic N) is 3. The molecule has 0 fully saturated rings. The summed E-state index contributed by atoms with van der Waals surface area (Å²) in [5.74, 6) is 2.53. The van der Waals surface area contributed by atoms with Gasteiger partial charge >= 0.3 is 0 Å². The van der Waals surface area contributed by atoms with Crippen molar-refractivity contribution in [3.8, 4) is 50.7 Å². The van der Waals surface area contributed by atoms with E-state index in [4.69, 9.17) is 4.74 Å². The Morgan fingerprint density at radius 1 is 0.478 bits per heavy atom. The van der Waals surface area contributed by atoms with E-state index in [1.54, 1.807) is 0 Å². The van der Waals surface area contributed by atoms with Gasteiger partial charge in [0.15, 0.2) is 0 Å². The predicted molar refractivity (Wildman–Crippen MR) is 188 cm³/mol. The zero-order chi connectivity index (χ0) is 30.5. The molecule has 8 aromatic rings. The Hall–Kier alpha value is -6.26. The number of benzene rings is 5. The Balaban J connectivity index is 1.24. The van der Waals surface area contributed by atoms with Crippen molar-refractivity contribution in [2.45, 2.75) is 0 Å². The molecule has 1 aliphatic rings. The zero-order valence-corrected chi connectivity index (χ0v) is 24.8. The summed E-state index contributed by atoms with van der Waals surface area (Å²) in [6, 6.07) is 46.6. The smallest absolute Gasteiger partial charge is 0.137 e. The van der Waals surface area contributed by atoms with Crippen molar-refractivity contribution in [3.05, 3.63) is 163 Å². The third-order valence-corrected chi connectivity index (χ3v) is 8.81. The number of pyridine rings is 2. The number of hydrogen-bond acceptors (Lipinski definition) is 3. The van der Waals surface area contributed by atoms with Crippen molar-refractivity contribution in [2.24, 2.45) is 0 Å². The zero-order valence-electron chi connectivity index (χ0n) is 24.8. The van der Waals surface area contributed by atoms with Gasteiger partial charge in [0.25, 0.3) is 0 Å². The lowest BCUT2D eigenvalue weighted by atomic mass is 9.92. The molecule has 0 amide bonds. The van der Waals surface area contributed by atoms with Crippen LogP contribution in [0.2, 0.25) is 0 Å². The second-order valence-electron chi connectivity index (χ2n) is 11.5. The maximum absolute atomic E-state index is 6.74. The second kappa shape index (κ2) is 10.7. The van der Waals surface area contributed by atoms with E-state index < -0.39 is 0 Å². The van der Waals surface area contributed by atoms with Gasteiger partial charge in [-0.25, -0.2) is 4.98 Å². The molecule has 9 rings (SSSR count). The summed E-state index contributed by atoms with van der Waals surface area (Å²) in [4.78, 5) is 9.10. The lowest BCUT2D eigenvalue weighted by Gasteiger charge is -2.16. The van der Waals surface area contributed by atoms with E-state index in [1.807, 2.05) is 55.0 Å². The number of para-hydroxylation sites is 2. The van der Waals surface area contributed by atoms with Gasteiger partial charge in [-0.15, -0.1) is 0 Å². The summed E-state index contributed by atoms with van der Waals surface area (Å²) in [6.07, 6.45) is 10.0. The van der Waals surface area contributed by atoms with Crippen molar-refractivity contribution in [1.29, 1.82) is 0 Å². The van der Waals surface area contributed by atoms with Crippen molar-refractivity contribution in [3.63, 3.8) is 0 Å². The van der Waals surface area contributed by atoms with E-state index in [0.717, 1.165) is 83.6 Å². The molecule has 0 N–H and O–H groups in total. The average molecular weight is 590 g/mol. The highest BCUT2D eigenvalue weighted by Crippen LogP contribution is 2.43. The van der Waals surface area contributed by atoms with Crippen molar-refractivity contribution in [1.82, 2.24) is 14.5 Å². The van der Waals surface area contributed by atoms with Gasteiger partial charge in [-0.1, -0.05) is 97.1 Å². The Morgan fingerprint density at radius 3 is 1.96 bits per heavy atom. The van der Waals surface area contributed by atoms with Crippen LogP contribution in [0.15, 0.2) is 152 Å². The van der Waals surface area contributed by atoms with Gasteiger partial charge in [0.2, 0.25) is 0 Å². The molecule has 5 aromatic carbocycles. The molecule has 0 aliphatic carbocycles. The molecule has 0 saturated heterocycles. The van der Waals surface area contributed by atoms with E-state index in [1.165, 1.54) is 0 Å². The van der Waals surface area contributed by atoms with E-state index in [-0.39, 0.29) is 0 Å². The normalized spacial score (nSPS) is 12.0. The van der Waals surface area contributed by atoms with Gasteiger partial charge in [-0.2, -0.15) is 0 Å². The lowest BCUT2D eigenvalue weighted by molar-refractivity contribution is 0.486. The molecule has 0 spiro atoms. The van der Waals surface area contributed by atoms with Crippen LogP contribution in [0, 0.1) is 0 Å². The second-order valence-corrected chi connectivity index (χ2v) is 11.5. The van der Waals surface area contributed by atoms with E-state index >= 15 is 0 Å². The molecule has 46 heavy (non-hydrogen) atoms. The molecule has 0 bridgehead atoms. The van der Waals surface area contributed by atoms with E-state index in [0.29, 0.717) is 0 Å². The molecule has 0 atom stereocenters. The molecule has 4 nitrogen and oxygen atoms in total.